The SMILES string of the molecule is CC(=O)c1ccc(OCC2CNC(=O)O2)cc1. The fourth-order valence-electron chi connectivity index (χ4n) is 1.50. The maximum absolute atomic E-state index is 11.1. The molecule has 0 bridgehead atoms. The molecule has 0 saturated carbocycles. The third-order valence-electron chi connectivity index (χ3n) is 2.44. The molecule has 1 aromatic carbocycles. The molecule has 1 heterocycles. The molecule has 90 valence electrons. The van der Waals surface area contributed by atoms with E-state index in [1.807, 2.05) is 0 Å². The van der Waals surface area contributed by atoms with Gasteiger partial charge in [-0.15, -0.1) is 0 Å². The highest BCUT2D eigenvalue weighted by atomic mass is 16.6. The summed E-state index contributed by atoms with van der Waals surface area (Å²) < 4.78 is 10.4. The van der Waals surface area contributed by atoms with E-state index in [9.17, 15) is 9.59 Å². The second-order valence-electron chi connectivity index (χ2n) is 3.80. The minimum atomic E-state index is -0.412. The average Bonchev–Trinajstić information content (AvgIpc) is 2.73. The first-order valence-electron chi connectivity index (χ1n) is 5.33. The number of cyclic esters (lactones) is 1. The van der Waals surface area contributed by atoms with Gasteiger partial charge in [-0.3, -0.25) is 4.79 Å². The summed E-state index contributed by atoms with van der Waals surface area (Å²) in [7, 11) is 0. The molecule has 0 aliphatic carbocycles. The number of carbonyl (C=O) groups is 2. The van der Waals surface area contributed by atoms with Crippen LogP contribution in [0.2, 0.25) is 0 Å². The summed E-state index contributed by atoms with van der Waals surface area (Å²) in [6.45, 7) is 2.28. The van der Waals surface area contributed by atoms with E-state index in [1.54, 1.807) is 24.3 Å². The van der Waals surface area contributed by atoms with E-state index in [2.05, 4.69) is 5.32 Å². The summed E-state index contributed by atoms with van der Waals surface area (Å²) in [5, 5.41) is 2.54. The third-order valence-corrected chi connectivity index (χ3v) is 2.44. The van der Waals surface area contributed by atoms with E-state index in [1.165, 1.54) is 6.92 Å². The number of rotatable bonds is 4. The smallest absolute Gasteiger partial charge is 0.407 e. The van der Waals surface area contributed by atoms with Gasteiger partial charge < -0.3 is 14.8 Å². The number of ether oxygens (including phenoxy) is 2. The van der Waals surface area contributed by atoms with Crippen molar-refractivity contribution in [3.05, 3.63) is 29.8 Å². The van der Waals surface area contributed by atoms with E-state index in [0.29, 0.717) is 24.5 Å². The number of ketones is 1. The Morgan fingerprint density at radius 1 is 1.47 bits per heavy atom. The maximum Gasteiger partial charge on any atom is 0.407 e. The number of alkyl carbamates (subject to hydrolysis) is 1. The molecule has 1 atom stereocenters. The van der Waals surface area contributed by atoms with Gasteiger partial charge in [0.1, 0.15) is 12.4 Å². The molecule has 17 heavy (non-hydrogen) atoms. The Hall–Kier alpha value is -2.04. The van der Waals surface area contributed by atoms with Crippen molar-refractivity contribution >= 4 is 11.9 Å². The number of hydrogen-bond donors (Lipinski definition) is 1. The first-order chi connectivity index (χ1) is 8.15. The molecule has 2 rings (SSSR count). The normalized spacial score (nSPS) is 18.4. The van der Waals surface area contributed by atoms with Crippen LogP contribution in [0.3, 0.4) is 0 Å². The number of nitrogens with one attached hydrogen (secondary N) is 1. The van der Waals surface area contributed by atoms with Crippen molar-refractivity contribution in [1.82, 2.24) is 5.32 Å². The zero-order chi connectivity index (χ0) is 12.3. The first kappa shape index (κ1) is 11.4. The number of Topliss-reactive ketones (excluding diaryl/α,β-unsaturated/α-hetero) is 1. The zero-order valence-electron chi connectivity index (χ0n) is 9.43. The predicted molar refractivity (Wildman–Crippen MR) is 60.2 cm³/mol. The lowest BCUT2D eigenvalue weighted by Gasteiger charge is -2.10. The molecule has 1 unspecified atom stereocenters. The molecule has 1 aliphatic rings. The van der Waals surface area contributed by atoms with Gasteiger partial charge in [0, 0.05) is 5.56 Å². The van der Waals surface area contributed by atoms with Crippen molar-refractivity contribution in [2.75, 3.05) is 13.2 Å². The summed E-state index contributed by atoms with van der Waals surface area (Å²) >= 11 is 0. The van der Waals surface area contributed by atoms with Crippen LogP contribution in [0.1, 0.15) is 17.3 Å². The lowest BCUT2D eigenvalue weighted by Crippen LogP contribution is -2.21. The minimum absolute atomic E-state index is 0.0190. The van der Waals surface area contributed by atoms with E-state index in [4.69, 9.17) is 9.47 Å². The fraction of sp³-hybridized carbons (Fsp3) is 0.333. The molecule has 0 spiro atoms. The van der Waals surface area contributed by atoms with Crippen molar-refractivity contribution in [3.8, 4) is 5.75 Å². The van der Waals surface area contributed by atoms with Crippen LogP contribution >= 0.6 is 0 Å². The number of carbonyl (C=O) groups excluding carboxylic acids is 2. The van der Waals surface area contributed by atoms with Crippen LogP contribution in [-0.2, 0) is 4.74 Å². The topological polar surface area (TPSA) is 64.6 Å². The first-order valence-corrected chi connectivity index (χ1v) is 5.33. The quantitative estimate of drug-likeness (QED) is 0.801. The largest absolute Gasteiger partial charge is 0.490 e. The second-order valence-corrected chi connectivity index (χ2v) is 3.80. The van der Waals surface area contributed by atoms with Crippen molar-refractivity contribution in [1.29, 1.82) is 0 Å². The molecule has 1 aliphatic heterocycles. The summed E-state index contributed by atoms with van der Waals surface area (Å²) in [5.74, 6) is 0.670. The van der Waals surface area contributed by atoms with Gasteiger partial charge in [-0.25, -0.2) is 4.79 Å². The third kappa shape index (κ3) is 2.96. The number of amides is 1. The zero-order valence-corrected chi connectivity index (χ0v) is 9.43. The van der Waals surface area contributed by atoms with Gasteiger partial charge in [-0.05, 0) is 31.2 Å². The van der Waals surface area contributed by atoms with Crippen LogP contribution in [0.15, 0.2) is 24.3 Å². The van der Waals surface area contributed by atoms with Crippen LogP contribution in [0, 0.1) is 0 Å². The van der Waals surface area contributed by atoms with Gasteiger partial charge in [0.05, 0.1) is 6.54 Å². The lowest BCUT2D eigenvalue weighted by molar-refractivity contribution is 0.101. The summed E-state index contributed by atoms with van der Waals surface area (Å²) in [6.07, 6.45) is -0.666. The van der Waals surface area contributed by atoms with Gasteiger partial charge in [0.25, 0.3) is 0 Å². The van der Waals surface area contributed by atoms with E-state index >= 15 is 0 Å². The van der Waals surface area contributed by atoms with Crippen LogP contribution in [0.5, 0.6) is 5.75 Å². The minimum Gasteiger partial charge on any atom is -0.490 e. The van der Waals surface area contributed by atoms with E-state index in [-0.39, 0.29) is 11.9 Å². The molecule has 1 aromatic rings. The molecule has 5 heteroatoms. The molecule has 0 radical (unpaired) electrons. The average molecular weight is 235 g/mol. The van der Waals surface area contributed by atoms with Crippen LogP contribution in [-0.4, -0.2) is 31.1 Å². The molecule has 0 aromatic heterocycles. The molecule has 1 saturated heterocycles. The maximum atomic E-state index is 11.1. The van der Waals surface area contributed by atoms with E-state index in [0.717, 1.165) is 0 Å². The Balaban J connectivity index is 1.87. The fourth-order valence-corrected chi connectivity index (χ4v) is 1.50. The summed E-state index contributed by atoms with van der Waals surface area (Å²) in [5.41, 5.74) is 0.645. The molecule has 1 amide bonds. The summed E-state index contributed by atoms with van der Waals surface area (Å²) in [4.78, 5) is 21.8. The molecular weight excluding hydrogens is 222 g/mol. The van der Waals surface area contributed by atoms with Crippen molar-refractivity contribution in [3.63, 3.8) is 0 Å². The van der Waals surface area contributed by atoms with Crippen LogP contribution in [0.4, 0.5) is 4.79 Å². The highest BCUT2D eigenvalue weighted by molar-refractivity contribution is 5.94. The van der Waals surface area contributed by atoms with Crippen LogP contribution < -0.4 is 10.1 Å². The monoisotopic (exact) mass is 235 g/mol. The number of benzene rings is 1. The van der Waals surface area contributed by atoms with Gasteiger partial charge in [-0.2, -0.15) is 0 Å². The van der Waals surface area contributed by atoms with Crippen LogP contribution in [0.25, 0.3) is 0 Å². The van der Waals surface area contributed by atoms with Crippen molar-refractivity contribution in [2.24, 2.45) is 0 Å². The standard InChI is InChI=1S/C12H13NO4/c1-8(14)9-2-4-10(5-3-9)16-7-11-6-13-12(15)17-11/h2-5,11H,6-7H2,1H3,(H,13,15). The number of hydrogen-bond acceptors (Lipinski definition) is 4. The molecule has 1 fully saturated rings. The summed E-state index contributed by atoms with van der Waals surface area (Å²) in [6, 6.07) is 6.86. The van der Waals surface area contributed by atoms with Gasteiger partial charge in [0.15, 0.2) is 11.9 Å². The molecule has 5 nitrogen and oxygen atoms in total. The Bertz CT molecular complexity index is 427. The second kappa shape index (κ2) is 4.86. The van der Waals surface area contributed by atoms with Gasteiger partial charge in [-0.1, -0.05) is 0 Å². The highest BCUT2D eigenvalue weighted by Crippen LogP contribution is 2.13. The van der Waals surface area contributed by atoms with Gasteiger partial charge >= 0.3 is 6.09 Å². The van der Waals surface area contributed by atoms with Crippen molar-refractivity contribution in [2.45, 2.75) is 13.0 Å². The van der Waals surface area contributed by atoms with Crippen molar-refractivity contribution < 1.29 is 19.1 Å². The Kier molecular flexibility index (Phi) is 3.27. The Morgan fingerprint density at radius 2 is 2.18 bits per heavy atom. The van der Waals surface area contributed by atoms with E-state index < -0.39 is 6.09 Å². The Morgan fingerprint density at radius 3 is 2.71 bits per heavy atom. The lowest BCUT2D eigenvalue weighted by atomic mass is 10.1. The molecular formula is C12H13NO4. The molecule has 1 N–H and O–H groups in total. The van der Waals surface area contributed by atoms with Gasteiger partial charge in [0.2, 0.25) is 0 Å². The predicted octanol–water partition coefficient (Wildman–Crippen LogP) is 1.38. The highest BCUT2D eigenvalue weighted by Gasteiger charge is 2.22. The Labute approximate surface area is 98.7 Å².